The van der Waals surface area contributed by atoms with Gasteiger partial charge in [0.1, 0.15) is 0 Å². The van der Waals surface area contributed by atoms with Crippen LogP contribution in [0.25, 0.3) is 0 Å². The van der Waals surface area contributed by atoms with Crippen molar-refractivity contribution in [2.24, 2.45) is 5.92 Å². The summed E-state index contributed by atoms with van der Waals surface area (Å²) in [7, 11) is -3.48. The first-order valence-corrected chi connectivity index (χ1v) is 10.4. The first-order chi connectivity index (χ1) is 11.7. The van der Waals surface area contributed by atoms with Gasteiger partial charge in [-0.1, -0.05) is 31.4 Å². The molecule has 1 aliphatic carbocycles. The summed E-state index contributed by atoms with van der Waals surface area (Å²) in [6, 6.07) is 3.88. The Labute approximate surface area is 152 Å². The Kier molecular flexibility index (Phi) is 6.46. The molecule has 0 aromatic heterocycles. The zero-order chi connectivity index (χ0) is 18.6. The Morgan fingerprint density at radius 2 is 1.96 bits per heavy atom. The zero-order valence-corrected chi connectivity index (χ0v) is 15.8. The summed E-state index contributed by atoms with van der Waals surface area (Å²) in [4.78, 5) is 24.1. The molecule has 6 nitrogen and oxygen atoms in total. The van der Waals surface area contributed by atoms with Crippen LogP contribution < -0.4 is 5.32 Å². The fraction of sp³-hybridized carbons (Fsp3) is 0.529. The first kappa shape index (κ1) is 19.7. The first-order valence-electron chi connectivity index (χ1n) is 8.14. The third-order valence-electron chi connectivity index (χ3n) is 4.38. The van der Waals surface area contributed by atoms with E-state index < -0.39 is 22.4 Å². The number of rotatable bonds is 5. The summed E-state index contributed by atoms with van der Waals surface area (Å²) in [5.74, 6) is -0.806. The van der Waals surface area contributed by atoms with E-state index in [0.29, 0.717) is 5.92 Å². The lowest BCUT2D eigenvalue weighted by atomic mass is 9.86. The Balaban J connectivity index is 1.97. The highest BCUT2D eigenvalue weighted by atomic mass is 35.5. The van der Waals surface area contributed by atoms with Gasteiger partial charge in [-0.25, -0.2) is 13.2 Å². The number of nitrogens with one attached hydrogen (secondary N) is 1. The summed E-state index contributed by atoms with van der Waals surface area (Å²) in [6.45, 7) is 1.66. The highest BCUT2D eigenvalue weighted by molar-refractivity contribution is 7.90. The van der Waals surface area contributed by atoms with Gasteiger partial charge in [0.15, 0.2) is 16.4 Å². The number of ether oxygens (including phenoxy) is 1. The van der Waals surface area contributed by atoms with Crippen molar-refractivity contribution >= 4 is 33.3 Å². The van der Waals surface area contributed by atoms with E-state index in [4.69, 9.17) is 16.3 Å². The molecule has 25 heavy (non-hydrogen) atoms. The minimum absolute atomic E-state index is 0.0377. The van der Waals surface area contributed by atoms with E-state index >= 15 is 0 Å². The molecule has 2 rings (SSSR count). The summed E-state index contributed by atoms with van der Waals surface area (Å²) < 4.78 is 28.1. The van der Waals surface area contributed by atoms with Gasteiger partial charge in [-0.05, 0) is 37.0 Å². The highest BCUT2D eigenvalue weighted by Crippen LogP contribution is 2.24. The molecule has 0 radical (unpaired) electrons. The predicted molar refractivity (Wildman–Crippen MR) is 94.4 cm³/mol. The molecule has 2 atom stereocenters. The number of carbonyl (C=O) groups excluding carboxylic acids is 2. The van der Waals surface area contributed by atoms with Crippen LogP contribution in [0.15, 0.2) is 23.1 Å². The van der Waals surface area contributed by atoms with Gasteiger partial charge in [-0.2, -0.15) is 0 Å². The van der Waals surface area contributed by atoms with E-state index in [9.17, 15) is 18.0 Å². The summed E-state index contributed by atoms with van der Waals surface area (Å²) in [5, 5.41) is 2.95. The van der Waals surface area contributed by atoms with E-state index in [2.05, 4.69) is 12.2 Å². The van der Waals surface area contributed by atoms with Gasteiger partial charge in [0.2, 0.25) is 0 Å². The van der Waals surface area contributed by atoms with E-state index in [0.717, 1.165) is 38.0 Å². The van der Waals surface area contributed by atoms with Gasteiger partial charge in [0.05, 0.1) is 15.5 Å². The molecule has 1 saturated carbocycles. The van der Waals surface area contributed by atoms with Crippen LogP contribution in [0.2, 0.25) is 5.02 Å². The van der Waals surface area contributed by atoms with Gasteiger partial charge in [-0.15, -0.1) is 0 Å². The Bertz CT molecular complexity index is 762. The van der Waals surface area contributed by atoms with Crippen LogP contribution in [-0.2, 0) is 19.4 Å². The van der Waals surface area contributed by atoms with Crippen molar-refractivity contribution in [1.29, 1.82) is 0 Å². The van der Waals surface area contributed by atoms with Crippen molar-refractivity contribution in [1.82, 2.24) is 5.32 Å². The minimum Gasteiger partial charge on any atom is -0.452 e. The SMILES string of the molecule is C[C@H]1CCCC[C@@H]1NC(=O)COC(=O)c1cc(S(C)(=O)=O)ccc1Cl. The van der Waals surface area contributed by atoms with Crippen LogP contribution in [0.5, 0.6) is 0 Å². The summed E-state index contributed by atoms with van der Waals surface area (Å²) in [6.07, 6.45) is 5.26. The van der Waals surface area contributed by atoms with Crippen molar-refractivity contribution in [3.8, 4) is 0 Å². The van der Waals surface area contributed by atoms with Crippen molar-refractivity contribution in [2.45, 2.75) is 43.5 Å². The molecule has 1 N–H and O–H groups in total. The minimum atomic E-state index is -3.48. The monoisotopic (exact) mass is 387 g/mol. The van der Waals surface area contributed by atoms with Gasteiger partial charge >= 0.3 is 5.97 Å². The molecule has 0 aliphatic heterocycles. The molecule has 0 unspecified atom stereocenters. The molecule has 138 valence electrons. The highest BCUT2D eigenvalue weighted by Gasteiger charge is 2.23. The number of hydrogen-bond acceptors (Lipinski definition) is 5. The predicted octanol–water partition coefficient (Wildman–Crippen LogP) is 2.60. The van der Waals surface area contributed by atoms with Crippen molar-refractivity contribution < 1.29 is 22.7 Å². The van der Waals surface area contributed by atoms with Gasteiger partial charge < -0.3 is 10.1 Å². The molecule has 0 spiro atoms. The lowest BCUT2D eigenvalue weighted by molar-refractivity contribution is -0.125. The lowest BCUT2D eigenvalue weighted by Crippen LogP contribution is -2.42. The average molecular weight is 388 g/mol. The van der Waals surface area contributed by atoms with Gasteiger partial charge in [-0.3, -0.25) is 4.79 Å². The van der Waals surface area contributed by atoms with Crippen LogP contribution in [0.1, 0.15) is 43.0 Å². The lowest BCUT2D eigenvalue weighted by Gasteiger charge is -2.29. The number of hydrogen-bond donors (Lipinski definition) is 1. The van der Waals surface area contributed by atoms with Crippen molar-refractivity contribution in [3.63, 3.8) is 0 Å². The molecule has 8 heteroatoms. The molecular formula is C17H22ClNO5S. The Morgan fingerprint density at radius 1 is 1.28 bits per heavy atom. The Morgan fingerprint density at radius 3 is 2.60 bits per heavy atom. The fourth-order valence-electron chi connectivity index (χ4n) is 2.88. The second-order valence-electron chi connectivity index (χ2n) is 6.43. The number of amides is 1. The van der Waals surface area contributed by atoms with E-state index in [-0.39, 0.29) is 27.4 Å². The molecule has 0 heterocycles. The number of halogens is 1. The summed E-state index contributed by atoms with van der Waals surface area (Å²) >= 11 is 5.94. The van der Waals surface area contributed by atoms with Gasteiger partial charge in [0, 0.05) is 12.3 Å². The van der Waals surface area contributed by atoms with Gasteiger partial charge in [0.25, 0.3) is 5.91 Å². The van der Waals surface area contributed by atoms with Crippen LogP contribution in [0.3, 0.4) is 0 Å². The van der Waals surface area contributed by atoms with Crippen LogP contribution >= 0.6 is 11.6 Å². The van der Waals surface area contributed by atoms with Crippen molar-refractivity contribution in [3.05, 3.63) is 28.8 Å². The second kappa shape index (κ2) is 8.19. The Hall–Kier alpha value is -1.60. The van der Waals surface area contributed by atoms with E-state index in [1.54, 1.807) is 0 Å². The molecular weight excluding hydrogens is 366 g/mol. The van der Waals surface area contributed by atoms with E-state index in [1.807, 2.05) is 0 Å². The quantitative estimate of drug-likeness (QED) is 0.784. The zero-order valence-electron chi connectivity index (χ0n) is 14.2. The maximum atomic E-state index is 12.1. The van der Waals surface area contributed by atoms with Crippen molar-refractivity contribution in [2.75, 3.05) is 12.9 Å². The largest absolute Gasteiger partial charge is 0.452 e. The second-order valence-corrected chi connectivity index (χ2v) is 8.85. The molecule has 0 bridgehead atoms. The topological polar surface area (TPSA) is 89.5 Å². The van der Waals surface area contributed by atoms with Crippen LogP contribution in [-0.4, -0.2) is 39.2 Å². The third kappa shape index (κ3) is 5.44. The molecule has 1 fully saturated rings. The van der Waals surface area contributed by atoms with E-state index in [1.165, 1.54) is 12.1 Å². The molecule has 1 aromatic rings. The fourth-order valence-corrected chi connectivity index (χ4v) is 3.72. The maximum Gasteiger partial charge on any atom is 0.340 e. The number of carbonyl (C=O) groups is 2. The maximum absolute atomic E-state index is 12.1. The average Bonchev–Trinajstić information content (AvgIpc) is 2.54. The molecule has 1 aliphatic rings. The smallest absolute Gasteiger partial charge is 0.340 e. The number of sulfone groups is 1. The molecule has 1 amide bonds. The van der Waals surface area contributed by atoms with Crippen LogP contribution in [0, 0.1) is 5.92 Å². The molecule has 0 saturated heterocycles. The number of esters is 1. The normalized spacial score (nSPS) is 20.8. The third-order valence-corrected chi connectivity index (χ3v) is 5.82. The van der Waals surface area contributed by atoms with Crippen LogP contribution in [0.4, 0.5) is 0 Å². The summed E-state index contributed by atoms with van der Waals surface area (Å²) in [5.41, 5.74) is -0.0802. The molecule has 1 aromatic carbocycles. The number of benzene rings is 1. The standard InChI is InChI=1S/C17H22ClNO5S/c1-11-5-3-4-6-15(11)19-16(20)10-24-17(21)13-9-12(25(2,22)23)7-8-14(13)18/h7-9,11,15H,3-6,10H2,1-2H3,(H,19,20)/t11-,15-/m0/s1.